The van der Waals surface area contributed by atoms with Gasteiger partial charge in [-0.2, -0.15) is 0 Å². The maximum Gasteiger partial charge on any atom is 0.335 e. The number of nitrogens with zero attached hydrogens (tertiary/aromatic N) is 1. The summed E-state index contributed by atoms with van der Waals surface area (Å²) in [5.74, 6) is -0.944. The molecular weight excluding hydrogens is 336 g/mol. The van der Waals surface area contributed by atoms with Crippen molar-refractivity contribution in [2.24, 2.45) is 0 Å². The summed E-state index contributed by atoms with van der Waals surface area (Å²) in [7, 11) is 0. The van der Waals surface area contributed by atoms with Crippen LogP contribution in [0.2, 0.25) is 5.02 Å². The summed E-state index contributed by atoms with van der Waals surface area (Å²) in [6.45, 7) is 0. The van der Waals surface area contributed by atoms with Crippen molar-refractivity contribution in [2.45, 2.75) is 0 Å². The summed E-state index contributed by atoms with van der Waals surface area (Å²) in [5, 5.41) is 17.1. The van der Waals surface area contributed by atoms with Crippen LogP contribution in [0.5, 0.6) is 0 Å². The number of carboxylic acids is 1. The minimum absolute atomic E-state index is 0.258. The van der Waals surface area contributed by atoms with Gasteiger partial charge in [0, 0.05) is 39.6 Å². The van der Waals surface area contributed by atoms with Gasteiger partial charge in [0.05, 0.1) is 5.56 Å². The Morgan fingerprint density at radius 3 is 2.52 bits per heavy atom. The molecule has 0 saturated carbocycles. The fourth-order valence-corrected chi connectivity index (χ4v) is 3.06. The average Bonchev–Trinajstić information content (AvgIpc) is 2.63. The van der Waals surface area contributed by atoms with Crippen molar-refractivity contribution in [3.63, 3.8) is 0 Å². The maximum atomic E-state index is 11.3. The second-order valence-electron chi connectivity index (χ2n) is 5.72. The third-order valence-electron chi connectivity index (χ3n) is 4.12. The Morgan fingerprint density at radius 1 is 0.960 bits per heavy atom. The lowest BCUT2D eigenvalue weighted by Crippen LogP contribution is -1.97. The molecule has 4 nitrogen and oxygen atoms in total. The van der Waals surface area contributed by atoms with Crippen LogP contribution >= 0.6 is 11.6 Å². The number of carbonyl (C=O) groups is 1. The van der Waals surface area contributed by atoms with Gasteiger partial charge in [-0.1, -0.05) is 17.7 Å². The van der Waals surface area contributed by atoms with Gasteiger partial charge < -0.3 is 10.4 Å². The van der Waals surface area contributed by atoms with Crippen LogP contribution in [0.4, 0.5) is 11.4 Å². The fraction of sp³-hybridized carbons (Fsp3) is 0. The SMILES string of the molecule is O=C(O)c1ccc2c(c1)cc(Nc1ccc(Cl)cc1)c1ccncc12. The Hall–Kier alpha value is -3.11. The molecule has 0 aliphatic carbocycles. The first-order valence-corrected chi connectivity index (χ1v) is 8.06. The van der Waals surface area contributed by atoms with E-state index in [9.17, 15) is 9.90 Å². The maximum absolute atomic E-state index is 11.3. The van der Waals surface area contributed by atoms with E-state index in [1.807, 2.05) is 42.5 Å². The molecule has 1 aromatic heterocycles. The van der Waals surface area contributed by atoms with Crippen LogP contribution in [-0.2, 0) is 0 Å². The van der Waals surface area contributed by atoms with E-state index in [-0.39, 0.29) is 5.56 Å². The lowest BCUT2D eigenvalue weighted by atomic mass is 10.00. The molecule has 5 heteroatoms. The van der Waals surface area contributed by atoms with Crippen LogP contribution in [0.1, 0.15) is 10.4 Å². The topological polar surface area (TPSA) is 62.2 Å². The molecule has 4 rings (SSSR count). The molecule has 0 aliphatic rings. The second-order valence-corrected chi connectivity index (χ2v) is 6.15. The van der Waals surface area contributed by atoms with Gasteiger partial charge in [-0.05, 0) is 59.3 Å². The molecule has 0 amide bonds. The minimum atomic E-state index is -0.944. The molecule has 0 radical (unpaired) electrons. The van der Waals surface area contributed by atoms with E-state index in [4.69, 9.17) is 11.6 Å². The van der Waals surface area contributed by atoms with E-state index in [1.165, 1.54) is 0 Å². The van der Waals surface area contributed by atoms with Crippen molar-refractivity contribution in [2.75, 3.05) is 5.32 Å². The predicted octanol–water partition coefficient (Wildman–Crippen LogP) is 5.48. The van der Waals surface area contributed by atoms with Crippen molar-refractivity contribution in [1.29, 1.82) is 0 Å². The first kappa shape index (κ1) is 15.4. The molecule has 0 bridgehead atoms. The standard InChI is InChI=1S/C20H13ClN2O2/c21-14-2-4-15(5-3-14)23-19-10-13-9-12(20(24)25)1-6-16(13)18-11-22-8-7-17(18)19/h1-11,23H,(H,24,25). The second kappa shape index (κ2) is 6.07. The molecule has 0 fully saturated rings. The molecule has 1 heterocycles. The first-order chi connectivity index (χ1) is 12.1. The monoisotopic (exact) mass is 348 g/mol. The molecule has 0 unspecified atom stereocenters. The number of nitrogens with one attached hydrogen (secondary N) is 1. The molecule has 0 saturated heterocycles. The highest BCUT2D eigenvalue weighted by atomic mass is 35.5. The number of aromatic nitrogens is 1. The fourth-order valence-electron chi connectivity index (χ4n) is 2.93. The first-order valence-electron chi connectivity index (χ1n) is 7.68. The molecule has 0 spiro atoms. The van der Waals surface area contributed by atoms with Gasteiger partial charge in [-0.3, -0.25) is 4.98 Å². The zero-order valence-corrected chi connectivity index (χ0v) is 13.8. The Bertz CT molecular complexity index is 1110. The highest BCUT2D eigenvalue weighted by Crippen LogP contribution is 2.33. The summed E-state index contributed by atoms with van der Waals surface area (Å²) >= 11 is 5.94. The zero-order valence-electron chi connectivity index (χ0n) is 13.0. The Labute approximate surface area is 148 Å². The summed E-state index contributed by atoms with van der Waals surface area (Å²) in [6, 6.07) is 16.4. The molecule has 122 valence electrons. The normalized spacial score (nSPS) is 10.9. The molecule has 25 heavy (non-hydrogen) atoms. The van der Waals surface area contributed by atoms with Crippen molar-refractivity contribution >= 4 is 50.5 Å². The summed E-state index contributed by atoms with van der Waals surface area (Å²) in [6.07, 6.45) is 3.54. The highest BCUT2D eigenvalue weighted by molar-refractivity contribution is 6.30. The lowest BCUT2D eigenvalue weighted by molar-refractivity contribution is 0.0697. The number of pyridine rings is 1. The third-order valence-corrected chi connectivity index (χ3v) is 4.37. The molecule has 3 aromatic carbocycles. The summed E-state index contributed by atoms with van der Waals surface area (Å²) in [4.78, 5) is 15.5. The number of anilines is 2. The Morgan fingerprint density at radius 2 is 1.76 bits per heavy atom. The van der Waals surface area contributed by atoms with Crippen LogP contribution in [0.15, 0.2) is 67.0 Å². The van der Waals surface area contributed by atoms with E-state index in [1.54, 1.807) is 24.5 Å². The molecule has 0 atom stereocenters. The molecule has 4 aromatic rings. The van der Waals surface area contributed by atoms with Crippen LogP contribution in [-0.4, -0.2) is 16.1 Å². The Balaban J connectivity index is 1.94. The van der Waals surface area contributed by atoms with Crippen LogP contribution in [0, 0.1) is 0 Å². The van der Waals surface area contributed by atoms with Gasteiger partial charge in [-0.25, -0.2) is 4.79 Å². The van der Waals surface area contributed by atoms with Crippen molar-refractivity contribution in [1.82, 2.24) is 4.98 Å². The lowest BCUT2D eigenvalue weighted by Gasteiger charge is -2.13. The molecule has 0 aliphatic heterocycles. The molecule has 2 N–H and O–H groups in total. The summed E-state index contributed by atoms with van der Waals surface area (Å²) < 4.78 is 0. The van der Waals surface area contributed by atoms with Crippen LogP contribution in [0.3, 0.4) is 0 Å². The number of aromatic carboxylic acids is 1. The highest BCUT2D eigenvalue weighted by Gasteiger charge is 2.10. The van der Waals surface area contributed by atoms with Crippen LogP contribution in [0.25, 0.3) is 21.5 Å². The predicted molar refractivity (Wildman–Crippen MR) is 101 cm³/mol. The number of rotatable bonds is 3. The number of fused-ring (bicyclic) bond motifs is 3. The number of benzene rings is 3. The van der Waals surface area contributed by atoms with E-state index in [0.29, 0.717) is 5.02 Å². The number of hydrogen-bond acceptors (Lipinski definition) is 3. The number of carboxylic acid groups (broad SMARTS) is 1. The van der Waals surface area contributed by atoms with Gasteiger partial charge in [0.15, 0.2) is 0 Å². The van der Waals surface area contributed by atoms with Gasteiger partial charge in [-0.15, -0.1) is 0 Å². The smallest absolute Gasteiger partial charge is 0.335 e. The van der Waals surface area contributed by atoms with Gasteiger partial charge >= 0.3 is 5.97 Å². The van der Waals surface area contributed by atoms with E-state index >= 15 is 0 Å². The number of hydrogen-bond donors (Lipinski definition) is 2. The van der Waals surface area contributed by atoms with Crippen molar-refractivity contribution < 1.29 is 9.90 Å². The van der Waals surface area contributed by atoms with Crippen molar-refractivity contribution in [3.8, 4) is 0 Å². The number of halogens is 1. The molecular formula is C20H13ClN2O2. The van der Waals surface area contributed by atoms with Crippen LogP contribution < -0.4 is 5.32 Å². The van der Waals surface area contributed by atoms with Crippen molar-refractivity contribution in [3.05, 3.63) is 77.6 Å². The third kappa shape index (κ3) is 2.88. The largest absolute Gasteiger partial charge is 0.478 e. The van der Waals surface area contributed by atoms with Gasteiger partial charge in [0.1, 0.15) is 0 Å². The average molecular weight is 349 g/mol. The zero-order chi connectivity index (χ0) is 17.4. The van der Waals surface area contributed by atoms with E-state index in [2.05, 4.69) is 10.3 Å². The Kier molecular flexibility index (Phi) is 3.75. The summed E-state index contributed by atoms with van der Waals surface area (Å²) in [5.41, 5.74) is 2.04. The van der Waals surface area contributed by atoms with Gasteiger partial charge in [0.25, 0.3) is 0 Å². The van der Waals surface area contributed by atoms with E-state index < -0.39 is 5.97 Å². The van der Waals surface area contributed by atoms with E-state index in [0.717, 1.165) is 32.9 Å². The van der Waals surface area contributed by atoms with Gasteiger partial charge in [0.2, 0.25) is 0 Å². The minimum Gasteiger partial charge on any atom is -0.478 e. The quantitative estimate of drug-likeness (QED) is 0.481.